The van der Waals surface area contributed by atoms with Crippen LogP contribution in [0.15, 0.2) is 39.3 Å². The van der Waals surface area contributed by atoms with Crippen molar-refractivity contribution in [3.05, 3.63) is 50.4 Å². The van der Waals surface area contributed by atoms with Crippen molar-refractivity contribution in [2.45, 2.75) is 77.8 Å². The Morgan fingerprint density at radius 2 is 1.70 bits per heavy atom. The van der Waals surface area contributed by atoms with E-state index in [0.29, 0.717) is 14.7 Å². The summed E-state index contributed by atoms with van der Waals surface area (Å²) < 4.78 is 19.4. The summed E-state index contributed by atoms with van der Waals surface area (Å²) in [6.45, 7) is 16.5. The van der Waals surface area contributed by atoms with E-state index >= 15 is 0 Å². The molecule has 1 atom stereocenters. The highest BCUT2D eigenvalue weighted by molar-refractivity contribution is 9.11. The summed E-state index contributed by atoms with van der Waals surface area (Å²) in [7, 11) is -2.21. The molecule has 0 saturated carbocycles. The van der Waals surface area contributed by atoms with Crippen molar-refractivity contribution in [3.8, 4) is 23.3 Å². The summed E-state index contributed by atoms with van der Waals surface area (Å²) in [5.41, 5.74) is 0.950. The minimum Gasteiger partial charge on any atom is -0.504 e. The normalized spacial score (nSPS) is 13.0. The van der Waals surface area contributed by atoms with Crippen LogP contribution < -0.4 is 10.1 Å². The zero-order valence-corrected chi connectivity index (χ0v) is 26.8. The summed E-state index contributed by atoms with van der Waals surface area (Å²) in [4.78, 5) is 12.4. The first kappa shape index (κ1) is 31.2. The number of phenolic OH excluding ortho intramolecular Hbond substituents is 1. The number of carbonyl (C=O) groups is 1. The lowest BCUT2D eigenvalue weighted by Gasteiger charge is -2.39. The Morgan fingerprint density at radius 1 is 1.11 bits per heavy atom. The molecule has 0 aliphatic carbocycles. The number of ether oxygens (including phenoxy) is 2. The molecule has 1 amide bonds. The first-order valence-corrected chi connectivity index (χ1v) is 16.4. The van der Waals surface area contributed by atoms with Gasteiger partial charge in [-0.1, -0.05) is 26.8 Å². The van der Waals surface area contributed by atoms with E-state index in [1.54, 1.807) is 12.1 Å². The van der Waals surface area contributed by atoms with Crippen LogP contribution in [-0.4, -0.2) is 31.7 Å². The Bertz CT molecular complexity index is 1140. The molecule has 202 valence electrons. The lowest BCUT2D eigenvalue weighted by atomic mass is 10.1. The second kappa shape index (κ2) is 12.2. The Hall–Kier alpha value is -2.06. The standard InChI is InChI=1S/C27H36Br2N2O5Si/c1-26(2,3)35-25(33)31-16-23(36-37(7,8)27(4,5)6)18-14-19(28)24(20(29)15-18)34-22-13-17(11-12-30)9-10-21(22)32/h9-10,13-15,23,32H,11,16H2,1-8H3,(H,31,33)/t23-/m1/s1. The lowest BCUT2D eigenvalue weighted by molar-refractivity contribution is 0.0496. The minimum atomic E-state index is -2.21. The van der Waals surface area contributed by atoms with Gasteiger partial charge in [-0.2, -0.15) is 5.26 Å². The van der Waals surface area contributed by atoms with E-state index < -0.39 is 26.1 Å². The number of nitrogens with zero attached hydrogens (tertiary/aromatic N) is 1. The first-order valence-electron chi connectivity index (χ1n) is 11.9. The molecule has 37 heavy (non-hydrogen) atoms. The van der Waals surface area contributed by atoms with Gasteiger partial charge in [0, 0.05) is 0 Å². The molecular formula is C27H36Br2N2O5Si. The first-order chi connectivity index (χ1) is 16.9. The summed E-state index contributed by atoms with van der Waals surface area (Å²) in [6.07, 6.45) is -0.751. The number of rotatable bonds is 8. The van der Waals surface area contributed by atoms with E-state index in [4.69, 9.17) is 19.2 Å². The van der Waals surface area contributed by atoms with Crippen LogP contribution in [0.25, 0.3) is 0 Å². The second-order valence-electron chi connectivity index (χ2n) is 11.3. The van der Waals surface area contributed by atoms with E-state index in [-0.39, 0.29) is 29.5 Å². The Morgan fingerprint density at radius 3 is 2.22 bits per heavy atom. The number of hydrogen-bond donors (Lipinski definition) is 2. The number of hydrogen-bond acceptors (Lipinski definition) is 6. The van der Waals surface area contributed by atoms with E-state index in [0.717, 1.165) is 11.1 Å². The molecule has 7 nitrogen and oxygen atoms in total. The second-order valence-corrected chi connectivity index (χ2v) is 17.8. The van der Waals surface area contributed by atoms with Gasteiger partial charge in [0.2, 0.25) is 0 Å². The highest BCUT2D eigenvalue weighted by atomic mass is 79.9. The van der Waals surface area contributed by atoms with Crippen molar-refractivity contribution in [1.29, 1.82) is 5.26 Å². The largest absolute Gasteiger partial charge is 0.504 e. The van der Waals surface area contributed by atoms with Crippen LogP contribution in [0.3, 0.4) is 0 Å². The van der Waals surface area contributed by atoms with Crippen molar-refractivity contribution in [2.24, 2.45) is 0 Å². The fourth-order valence-corrected chi connectivity index (χ4v) is 5.73. The lowest BCUT2D eigenvalue weighted by Crippen LogP contribution is -2.44. The number of phenols is 1. The van der Waals surface area contributed by atoms with E-state index in [2.05, 4.69) is 77.1 Å². The summed E-state index contributed by atoms with van der Waals surface area (Å²) in [5.74, 6) is 0.659. The van der Waals surface area contributed by atoms with Gasteiger partial charge in [0.05, 0.1) is 34.1 Å². The van der Waals surface area contributed by atoms with Crippen LogP contribution in [0.4, 0.5) is 4.79 Å². The summed E-state index contributed by atoms with van der Waals surface area (Å²) in [5, 5.41) is 22.1. The third kappa shape index (κ3) is 9.02. The third-order valence-electron chi connectivity index (χ3n) is 5.99. The Labute approximate surface area is 237 Å². The van der Waals surface area contributed by atoms with Crippen LogP contribution in [0.1, 0.15) is 58.8 Å². The van der Waals surface area contributed by atoms with Gasteiger partial charge in [0.15, 0.2) is 25.6 Å². The predicted octanol–water partition coefficient (Wildman–Crippen LogP) is 8.36. The van der Waals surface area contributed by atoms with Gasteiger partial charge in [-0.3, -0.25) is 0 Å². The monoisotopic (exact) mass is 654 g/mol. The highest BCUT2D eigenvalue weighted by Gasteiger charge is 2.40. The topological polar surface area (TPSA) is 101 Å². The van der Waals surface area contributed by atoms with Crippen LogP contribution in [0.2, 0.25) is 18.1 Å². The van der Waals surface area contributed by atoms with Crippen molar-refractivity contribution < 1.29 is 23.8 Å². The number of benzene rings is 2. The van der Waals surface area contributed by atoms with Gasteiger partial charge in [-0.15, -0.1) is 0 Å². The molecule has 0 aromatic heterocycles. The molecule has 0 heterocycles. The third-order valence-corrected chi connectivity index (χ3v) is 11.6. The Balaban J connectivity index is 2.40. The molecule has 0 bridgehead atoms. The van der Waals surface area contributed by atoms with Crippen molar-refractivity contribution in [3.63, 3.8) is 0 Å². The average Bonchev–Trinajstić information content (AvgIpc) is 2.73. The van der Waals surface area contributed by atoms with E-state index in [1.807, 2.05) is 32.9 Å². The van der Waals surface area contributed by atoms with Crippen LogP contribution in [0, 0.1) is 11.3 Å². The van der Waals surface area contributed by atoms with Gasteiger partial charge < -0.3 is 24.3 Å². The number of nitrogens with one attached hydrogen (secondary N) is 1. The van der Waals surface area contributed by atoms with Gasteiger partial charge in [0.25, 0.3) is 0 Å². The molecule has 0 spiro atoms. The van der Waals surface area contributed by atoms with Crippen molar-refractivity contribution in [1.82, 2.24) is 5.32 Å². The van der Waals surface area contributed by atoms with Gasteiger partial charge in [0.1, 0.15) is 5.60 Å². The number of amides is 1. The van der Waals surface area contributed by atoms with Crippen LogP contribution >= 0.6 is 31.9 Å². The fourth-order valence-electron chi connectivity index (χ4n) is 3.06. The molecule has 0 fully saturated rings. The maximum absolute atomic E-state index is 12.4. The molecule has 2 rings (SSSR count). The number of nitriles is 1. The van der Waals surface area contributed by atoms with Gasteiger partial charge in [-0.05, 0) is 106 Å². The molecule has 10 heteroatoms. The molecule has 2 aromatic rings. The molecule has 0 saturated heterocycles. The van der Waals surface area contributed by atoms with Crippen LogP contribution in [0.5, 0.6) is 17.2 Å². The SMILES string of the molecule is CC(C)(C)OC(=O)NC[C@@H](O[Si](C)(C)C(C)(C)C)c1cc(Br)c(Oc2cc(CC#N)ccc2O)c(Br)c1. The molecule has 2 N–H and O–H groups in total. The molecular weight excluding hydrogens is 620 g/mol. The number of carbonyl (C=O) groups excluding carboxylic acids is 1. The average molecular weight is 656 g/mol. The van der Waals surface area contributed by atoms with Gasteiger partial charge in [-0.25, -0.2) is 4.79 Å². The van der Waals surface area contributed by atoms with Gasteiger partial charge >= 0.3 is 6.09 Å². The molecule has 0 aliphatic heterocycles. The quantitative estimate of drug-likeness (QED) is 0.277. The summed E-state index contributed by atoms with van der Waals surface area (Å²) in [6, 6.07) is 10.7. The molecule has 0 radical (unpaired) electrons. The highest BCUT2D eigenvalue weighted by Crippen LogP contribution is 2.44. The predicted molar refractivity (Wildman–Crippen MR) is 155 cm³/mol. The zero-order valence-electron chi connectivity index (χ0n) is 22.7. The Kier molecular flexibility index (Phi) is 10.3. The maximum atomic E-state index is 12.4. The maximum Gasteiger partial charge on any atom is 0.407 e. The number of halogens is 2. The van der Waals surface area contributed by atoms with Crippen LogP contribution in [-0.2, 0) is 15.6 Å². The van der Waals surface area contributed by atoms with Crippen molar-refractivity contribution >= 4 is 46.3 Å². The minimum absolute atomic E-state index is 0.0368. The number of alkyl carbamates (subject to hydrolysis) is 1. The molecule has 2 aromatic carbocycles. The fraction of sp³-hybridized carbons (Fsp3) is 0.481. The summed E-state index contributed by atoms with van der Waals surface area (Å²) >= 11 is 7.18. The number of aromatic hydroxyl groups is 1. The zero-order chi connectivity index (χ0) is 28.2. The molecule has 0 unspecified atom stereocenters. The van der Waals surface area contributed by atoms with E-state index in [9.17, 15) is 9.90 Å². The van der Waals surface area contributed by atoms with Crippen molar-refractivity contribution in [2.75, 3.05) is 6.54 Å². The smallest absolute Gasteiger partial charge is 0.407 e. The molecule has 0 aliphatic rings. The van der Waals surface area contributed by atoms with E-state index in [1.165, 1.54) is 6.07 Å².